The van der Waals surface area contributed by atoms with Crippen molar-refractivity contribution in [1.82, 2.24) is 14.8 Å². The summed E-state index contributed by atoms with van der Waals surface area (Å²) < 4.78 is 5.24. The van der Waals surface area contributed by atoms with Gasteiger partial charge in [-0.2, -0.15) is 11.8 Å². The first-order chi connectivity index (χ1) is 10.2. The molecule has 5 nitrogen and oxygen atoms in total. The van der Waals surface area contributed by atoms with Gasteiger partial charge in [0.25, 0.3) is 0 Å². The van der Waals surface area contributed by atoms with E-state index in [1.807, 2.05) is 35.3 Å². The summed E-state index contributed by atoms with van der Waals surface area (Å²) in [6.45, 7) is 6.26. The first-order valence-corrected chi connectivity index (χ1v) is 9.54. The Balaban J connectivity index is 1.48. The Morgan fingerprint density at radius 3 is 2.81 bits per heavy atom. The van der Waals surface area contributed by atoms with Crippen molar-refractivity contribution >= 4 is 29.4 Å². The lowest BCUT2D eigenvalue weighted by Crippen LogP contribution is -2.51. The minimum Gasteiger partial charge on any atom is -0.448 e. The quantitative estimate of drug-likeness (QED) is 0.838. The molecule has 1 atom stereocenters. The van der Waals surface area contributed by atoms with Crippen LogP contribution in [0.2, 0.25) is 0 Å². The number of piperazine rings is 1. The normalized spacial score (nSPS) is 24.2. The largest absolute Gasteiger partial charge is 0.448 e. The molecule has 21 heavy (non-hydrogen) atoms. The lowest BCUT2D eigenvalue weighted by atomic mass is 10.2. The number of hydrogen-bond acceptors (Lipinski definition) is 6. The molecular weight excluding hydrogens is 306 g/mol. The second kappa shape index (κ2) is 7.07. The number of nitrogens with zero attached hydrogens (tertiary/aromatic N) is 3. The number of amides is 1. The molecule has 0 saturated carbocycles. The van der Waals surface area contributed by atoms with Crippen LogP contribution in [0.25, 0.3) is 0 Å². The van der Waals surface area contributed by atoms with Crippen LogP contribution in [0.1, 0.15) is 11.5 Å². The van der Waals surface area contributed by atoms with Gasteiger partial charge in [-0.05, 0) is 6.92 Å². The Morgan fingerprint density at radius 1 is 1.38 bits per heavy atom. The van der Waals surface area contributed by atoms with Crippen LogP contribution >= 0.6 is 23.5 Å². The second-order valence-corrected chi connectivity index (χ2v) is 7.85. The van der Waals surface area contributed by atoms with Crippen LogP contribution in [0.5, 0.6) is 0 Å². The van der Waals surface area contributed by atoms with E-state index < -0.39 is 0 Å². The van der Waals surface area contributed by atoms with Crippen molar-refractivity contribution in [2.24, 2.45) is 0 Å². The number of carbonyl (C=O) groups excluding carboxylic acids is 1. The zero-order valence-corrected chi connectivity index (χ0v) is 13.9. The van der Waals surface area contributed by atoms with E-state index in [9.17, 15) is 4.79 Å². The minimum atomic E-state index is 0.174. The van der Waals surface area contributed by atoms with E-state index in [0.717, 1.165) is 55.7 Å². The summed E-state index contributed by atoms with van der Waals surface area (Å²) in [6, 6.07) is 0. The molecule has 1 aromatic heterocycles. The number of aromatic nitrogens is 1. The SMILES string of the molecule is Cc1ocnc1CN1CCN(C(=O)C2CSCCS2)CC1. The zero-order chi connectivity index (χ0) is 14.7. The van der Waals surface area contributed by atoms with Crippen LogP contribution in [0.15, 0.2) is 10.8 Å². The van der Waals surface area contributed by atoms with Crippen LogP contribution in [-0.2, 0) is 11.3 Å². The molecule has 0 aliphatic carbocycles. The number of hydrogen-bond donors (Lipinski definition) is 0. The smallest absolute Gasteiger partial charge is 0.236 e. The molecule has 1 unspecified atom stereocenters. The predicted molar refractivity (Wildman–Crippen MR) is 86.7 cm³/mol. The van der Waals surface area contributed by atoms with E-state index in [1.165, 1.54) is 12.1 Å². The van der Waals surface area contributed by atoms with Crippen molar-refractivity contribution in [2.45, 2.75) is 18.7 Å². The van der Waals surface area contributed by atoms with Crippen LogP contribution in [0.3, 0.4) is 0 Å². The molecule has 0 spiro atoms. The Hall–Kier alpha value is -0.660. The van der Waals surface area contributed by atoms with E-state index >= 15 is 0 Å². The van der Waals surface area contributed by atoms with Gasteiger partial charge in [0.15, 0.2) is 6.39 Å². The van der Waals surface area contributed by atoms with Crippen LogP contribution in [-0.4, -0.2) is 69.4 Å². The van der Waals surface area contributed by atoms with E-state index in [0.29, 0.717) is 5.91 Å². The average Bonchev–Trinajstić information content (AvgIpc) is 2.93. The number of carbonyl (C=O) groups is 1. The predicted octanol–water partition coefficient (Wildman–Crippen LogP) is 1.48. The molecule has 1 amide bonds. The molecule has 2 aliphatic rings. The Bertz CT molecular complexity index is 480. The fourth-order valence-corrected chi connectivity index (χ4v) is 5.28. The highest BCUT2D eigenvalue weighted by Crippen LogP contribution is 2.26. The minimum absolute atomic E-state index is 0.174. The first-order valence-electron chi connectivity index (χ1n) is 7.33. The molecule has 1 aromatic rings. The van der Waals surface area contributed by atoms with Crippen molar-refractivity contribution in [2.75, 3.05) is 43.4 Å². The van der Waals surface area contributed by atoms with Gasteiger partial charge in [0, 0.05) is 50.0 Å². The van der Waals surface area contributed by atoms with Gasteiger partial charge in [0.1, 0.15) is 5.76 Å². The highest BCUT2D eigenvalue weighted by atomic mass is 32.2. The number of thioether (sulfide) groups is 2. The van der Waals surface area contributed by atoms with Gasteiger partial charge in [-0.25, -0.2) is 4.98 Å². The lowest BCUT2D eigenvalue weighted by molar-refractivity contribution is -0.132. The van der Waals surface area contributed by atoms with Crippen LogP contribution in [0, 0.1) is 6.92 Å². The van der Waals surface area contributed by atoms with Gasteiger partial charge in [-0.15, -0.1) is 11.8 Å². The molecule has 2 saturated heterocycles. The maximum Gasteiger partial charge on any atom is 0.236 e. The van der Waals surface area contributed by atoms with E-state index in [-0.39, 0.29) is 5.25 Å². The first kappa shape index (κ1) is 15.2. The molecule has 2 fully saturated rings. The third kappa shape index (κ3) is 3.76. The van der Waals surface area contributed by atoms with Gasteiger partial charge in [0.2, 0.25) is 5.91 Å². The van der Waals surface area contributed by atoms with Gasteiger partial charge in [-0.3, -0.25) is 9.69 Å². The molecule has 3 heterocycles. The number of oxazole rings is 1. The molecule has 0 N–H and O–H groups in total. The fraction of sp³-hybridized carbons (Fsp3) is 0.714. The van der Waals surface area contributed by atoms with E-state index in [4.69, 9.17) is 4.42 Å². The molecule has 0 aromatic carbocycles. The standard InChI is InChI=1S/C14H21N3O2S2/c1-11-12(15-10-19-11)8-16-2-4-17(5-3-16)14(18)13-9-20-6-7-21-13/h10,13H,2-9H2,1H3. The summed E-state index contributed by atoms with van der Waals surface area (Å²) in [5.74, 6) is 4.49. The molecule has 0 bridgehead atoms. The Morgan fingerprint density at radius 2 is 2.19 bits per heavy atom. The summed E-state index contributed by atoms with van der Waals surface area (Å²) >= 11 is 3.73. The van der Waals surface area contributed by atoms with Crippen LogP contribution in [0.4, 0.5) is 0 Å². The molecule has 3 rings (SSSR count). The van der Waals surface area contributed by atoms with E-state index in [1.54, 1.807) is 0 Å². The third-order valence-electron chi connectivity index (χ3n) is 3.99. The van der Waals surface area contributed by atoms with Crippen molar-refractivity contribution in [3.05, 3.63) is 17.8 Å². The summed E-state index contributed by atoms with van der Waals surface area (Å²) in [4.78, 5) is 21.1. The molecule has 7 heteroatoms. The highest BCUT2D eigenvalue weighted by molar-refractivity contribution is 8.07. The summed E-state index contributed by atoms with van der Waals surface area (Å²) in [5.41, 5.74) is 1.01. The van der Waals surface area contributed by atoms with Crippen molar-refractivity contribution < 1.29 is 9.21 Å². The fourth-order valence-electron chi connectivity index (χ4n) is 2.65. The zero-order valence-electron chi connectivity index (χ0n) is 12.3. The van der Waals surface area contributed by atoms with Gasteiger partial charge in [-0.1, -0.05) is 0 Å². The second-order valence-electron chi connectivity index (χ2n) is 5.39. The Labute approximate surface area is 133 Å². The maximum atomic E-state index is 12.5. The monoisotopic (exact) mass is 327 g/mol. The molecule has 0 radical (unpaired) electrons. The van der Waals surface area contributed by atoms with Gasteiger partial charge < -0.3 is 9.32 Å². The van der Waals surface area contributed by atoms with Crippen molar-refractivity contribution in [3.63, 3.8) is 0 Å². The van der Waals surface area contributed by atoms with Crippen LogP contribution < -0.4 is 0 Å². The molecule has 116 valence electrons. The summed E-state index contributed by atoms with van der Waals surface area (Å²) in [6.07, 6.45) is 1.50. The summed E-state index contributed by atoms with van der Waals surface area (Å²) in [7, 11) is 0. The average molecular weight is 327 g/mol. The topological polar surface area (TPSA) is 49.6 Å². The number of rotatable bonds is 3. The van der Waals surface area contributed by atoms with Crippen molar-refractivity contribution in [3.8, 4) is 0 Å². The number of aryl methyl sites for hydroxylation is 1. The maximum absolute atomic E-state index is 12.5. The van der Waals surface area contributed by atoms with Gasteiger partial charge >= 0.3 is 0 Å². The van der Waals surface area contributed by atoms with Gasteiger partial charge in [0.05, 0.1) is 10.9 Å². The summed E-state index contributed by atoms with van der Waals surface area (Å²) in [5, 5.41) is 0.174. The highest BCUT2D eigenvalue weighted by Gasteiger charge is 2.29. The third-order valence-corrected chi connectivity index (χ3v) is 6.73. The lowest BCUT2D eigenvalue weighted by Gasteiger charge is -2.36. The van der Waals surface area contributed by atoms with E-state index in [2.05, 4.69) is 9.88 Å². The Kier molecular flexibility index (Phi) is 5.13. The molecule has 2 aliphatic heterocycles. The molecular formula is C14H21N3O2S2. The van der Waals surface area contributed by atoms with Crippen molar-refractivity contribution in [1.29, 1.82) is 0 Å².